The van der Waals surface area contributed by atoms with Crippen LogP contribution in [0.15, 0.2) is 53.4 Å². The standard InChI is InChI=1S/C18H22N2O4S/c1-2-24-17-6-8-18(9-7-17)25(21,22)19-15-4-3-5-16(14-15)20-10-12-23-13-11-20/h3-9,14,19H,2,10-13H2,1H3. The van der Waals surface area contributed by atoms with E-state index in [0.717, 1.165) is 18.8 Å². The fourth-order valence-corrected chi connectivity index (χ4v) is 3.73. The van der Waals surface area contributed by atoms with Gasteiger partial charge in [-0.15, -0.1) is 0 Å². The minimum absolute atomic E-state index is 0.202. The molecule has 1 fully saturated rings. The number of hydrogen-bond donors (Lipinski definition) is 1. The lowest BCUT2D eigenvalue weighted by Crippen LogP contribution is -2.36. The van der Waals surface area contributed by atoms with Crippen LogP contribution in [0.5, 0.6) is 5.75 Å². The van der Waals surface area contributed by atoms with E-state index in [-0.39, 0.29) is 4.90 Å². The summed E-state index contributed by atoms with van der Waals surface area (Å²) in [4.78, 5) is 2.38. The zero-order valence-electron chi connectivity index (χ0n) is 14.1. The SMILES string of the molecule is CCOc1ccc(S(=O)(=O)Nc2cccc(N3CCOCC3)c2)cc1. The molecule has 0 aromatic heterocycles. The fraction of sp³-hybridized carbons (Fsp3) is 0.333. The van der Waals surface area contributed by atoms with Crippen LogP contribution in [0.25, 0.3) is 0 Å². The highest BCUT2D eigenvalue weighted by Gasteiger charge is 2.16. The Morgan fingerprint density at radius 2 is 1.84 bits per heavy atom. The molecule has 1 aliphatic rings. The first-order valence-electron chi connectivity index (χ1n) is 8.27. The number of morpholine rings is 1. The Bertz CT molecular complexity index is 800. The molecule has 0 unspecified atom stereocenters. The normalized spacial score (nSPS) is 15.0. The number of benzene rings is 2. The van der Waals surface area contributed by atoms with Gasteiger partial charge in [0.1, 0.15) is 5.75 Å². The number of nitrogens with zero attached hydrogens (tertiary/aromatic N) is 1. The first-order valence-corrected chi connectivity index (χ1v) is 9.75. The number of sulfonamides is 1. The van der Waals surface area contributed by atoms with Crippen molar-refractivity contribution in [2.45, 2.75) is 11.8 Å². The average molecular weight is 362 g/mol. The Hall–Kier alpha value is -2.25. The van der Waals surface area contributed by atoms with Crippen LogP contribution in [0.4, 0.5) is 11.4 Å². The van der Waals surface area contributed by atoms with E-state index in [2.05, 4.69) is 9.62 Å². The number of ether oxygens (including phenoxy) is 2. The molecule has 134 valence electrons. The van der Waals surface area contributed by atoms with Gasteiger partial charge in [-0.05, 0) is 49.4 Å². The van der Waals surface area contributed by atoms with Crippen LogP contribution in [-0.2, 0) is 14.8 Å². The molecule has 1 aliphatic heterocycles. The van der Waals surface area contributed by atoms with E-state index in [1.807, 2.05) is 25.1 Å². The van der Waals surface area contributed by atoms with Gasteiger partial charge in [0.2, 0.25) is 0 Å². The predicted octanol–water partition coefficient (Wildman–Crippen LogP) is 2.72. The molecular weight excluding hydrogens is 340 g/mol. The Morgan fingerprint density at radius 3 is 2.52 bits per heavy atom. The van der Waals surface area contributed by atoms with Gasteiger partial charge in [0.25, 0.3) is 10.0 Å². The fourth-order valence-electron chi connectivity index (χ4n) is 2.68. The Labute approximate surface area is 148 Å². The number of hydrogen-bond acceptors (Lipinski definition) is 5. The smallest absolute Gasteiger partial charge is 0.261 e. The van der Waals surface area contributed by atoms with Crippen molar-refractivity contribution < 1.29 is 17.9 Å². The Kier molecular flexibility index (Phi) is 5.45. The van der Waals surface area contributed by atoms with E-state index < -0.39 is 10.0 Å². The number of nitrogens with one attached hydrogen (secondary N) is 1. The maximum absolute atomic E-state index is 12.6. The van der Waals surface area contributed by atoms with Gasteiger partial charge in [-0.25, -0.2) is 8.42 Å². The van der Waals surface area contributed by atoms with Crippen LogP contribution in [0.3, 0.4) is 0 Å². The second-order valence-electron chi connectivity index (χ2n) is 5.66. The summed E-state index contributed by atoms with van der Waals surface area (Å²) in [5.74, 6) is 0.649. The molecule has 1 saturated heterocycles. The van der Waals surface area contributed by atoms with Crippen molar-refractivity contribution in [2.24, 2.45) is 0 Å². The lowest BCUT2D eigenvalue weighted by molar-refractivity contribution is 0.122. The van der Waals surface area contributed by atoms with Crippen molar-refractivity contribution in [3.63, 3.8) is 0 Å². The molecule has 1 N–H and O–H groups in total. The van der Waals surface area contributed by atoms with E-state index in [1.165, 1.54) is 0 Å². The van der Waals surface area contributed by atoms with Gasteiger partial charge in [0.15, 0.2) is 0 Å². The molecule has 0 radical (unpaired) electrons. The summed E-state index contributed by atoms with van der Waals surface area (Å²) in [7, 11) is -3.64. The van der Waals surface area contributed by atoms with Crippen molar-refractivity contribution in [3.8, 4) is 5.75 Å². The van der Waals surface area contributed by atoms with Gasteiger partial charge in [0.05, 0.1) is 30.4 Å². The van der Waals surface area contributed by atoms with Gasteiger partial charge in [0, 0.05) is 18.8 Å². The molecular formula is C18H22N2O4S. The summed E-state index contributed by atoms with van der Waals surface area (Å²) >= 11 is 0. The molecule has 0 spiro atoms. The van der Waals surface area contributed by atoms with E-state index >= 15 is 0 Å². The maximum atomic E-state index is 12.6. The largest absolute Gasteiger partial charge is 0.494 e. The average Bonchev–Trinajstić information content (AvgIpc) is 2.63. The molecule has 7 heteroatoms. The van der Waals surface area contributed by atoms with Crippen LogP contribution in [-0.4, -0.2) is 41.3 Å². The second-order valence-corrected chi connectivity index (χ2v) is 7.34. The zero-order valence-corrected chi connectivity index (χ0v) is 15.0. The van der Waals surface area contributed by atoms with Gasteiger partial charge < -0.3 is 14.4 Å². The topological polar surface area (TPSA) is 67.9 Å². The van der Waals surface area contributed by atoms with Crippen molar-refractivity contribution in [3.05, 3.63) is 48.5 Å². The first kappa shape index (κ1) is 17.6. The predicted molar refractivity (Wildman–Crippen MR) is 97.9 cm³/mol. The van der Waals surface area contributed by atoms with Crippen LogP contribution in [0, 0.1) is 0 Å². The Balaban J connectivity index is 1.76. The van der Waals surface area contributed by atoms with E-state index in [4.69, 9.17) is 9.47 Å². The first-order chi connectivity index (χ1) is 12.1. The molecule has 1 heterocycles. The molecule has 0 aliphatic carbocycles. The highest BCUT2D eigenvalue weighted by molar-refractivity contribution is 7.92. The van der Waals surface area contributed by atoms with Crippen LogP contribution >= 0.6 is 0 Å². The number of anilines is 2. The maximum Gasteiger partial charge on any atom is 0.261 e. The summed E-state index contributed by atoms with van der Waals surface area (Å²) in [6.45, 7) is 5.39. The lowest BCUT2D eigenvalue weighted by Gasteiger charge is -2.29. The van der Waals surface area contributed by atoms with Gasteiger partial charge in [-0.1, -0.05) is 6.07 Å². The summed E-state index contributed by atoms with van der Waals surface area (Å²) in [6.07, 6.45) is 0. The molecule has 2 aromatic rings. The van der Waals surface area contributed by atoms with Crippen molar-refractivity contribution in [2.75, 3.05) is 42.5 Å². The van der Waals surface area contributed by atoms with Crippen LogP contribution < -0.4 is 14.4 Å². The molecule has 0 bridgehead atoms. The zero-order chi connectivity index (χ0) is 17.7. The summed E-state index contributed by atoms with van der Waals surface area (Å²) in [6, 6.07) is 13.8. The van der Waals surface area contributed by atoms with Crippen molar-refractivity contribution in [1.82, 2.24) is 0 Å². The van der Waals surface area contributed by atoms with E-state index in [1.54, 1.807) is 30.3 Å². The third-order valence-electron chi connectivity index (χ3n) is 3.92. The highest BCUT2D eigenvalue weighted by Crippen LogP contribution is 2.23. The van der Waals surface area contributed by atoms with Crippen LogP contribution in [0.1, 0.15) is 6.92 Å². The van der Waals surface area contributed by atoms with Crippen LogP contribution in [0.2, 0.25) is 0 Å². The van der Waals surface area contributed by atoms with E-state index in [9.17, 15) is 8.42 Å². The molecule has 25 heavy (non-hydrogen) atoms. The third kappa shape index (κ3) is 4.43. The Morgan fingerprint density at radius 1 is 1.12 bits per heavy atom. The molecule has 3 rings (SSSR count). The summed E-state index contributed by atoms with van der Waals surface area (Å²) in [5.41, 5.74) is 1.52. The van der Waals surface area contributed by atoms with E-state index in [0.29, 0.717) is 31.3 Å². The van der Waals surface area contributed by atoms with Crippen molar-refractivity contribution >= 4 is 21.4 Å². The molecule has 0 saturated carbocycles. The highest BCUT2D eigenvalue weighted by atomic mass is 32.2. The van der Waals surface area contributed by atoms with Gasteiger partial charge >= 0.3 is 0 Å². The summed E-state index contributed by atoms with van der Waals surface area (Å²) in [5, 5.41) is 0. The summed E-state index contributed by atoms with van der Waals surface area (Å²) < 4.78 is 38.5. The lowest BCUT2D eigenvalue weighted by atomic mass is 10.2. The molecule has 0 amide bonds. The molecule has 6 nitrogen and oxygen atoms in total. The number of rotatable bonds is 6. The minimum Gasteiger partial charge on any atom is -0.494 e. The monoisotopic (exact) mass is 362 g/mol. The quantitative estimate of drug-likeness (QED) is 0.856. The molecule has 2 aromatic carbocycles. The third-order valence-corrected chi connectivity index (χ3v) is 5.32. The minimum atomic E-state index is -3.64. The second kappa shape index (κ2) is 7.76. The van der Waals surface area contributed by atoms with Gasteiger partial charge in [-0.2, -0.15) is 0 Å². The van der Waals surface area contributed by atoms with Crippen molar-refractivity contribution in [1.29, 1.82) is 0 Å². The van der Waals surface area contributed by atoms with Gasteiger partial charge in [-0.3, -0.25) is 4.72 Å². The molecule has 0 atom stereocenters.